The Balaban J connectivity index is 0.916. The molecular formula is C77H63BN8. The van der Waals surface area contributed by atoms with Crippen molar-refractivity contribution in [2.45, 2.75) is 47.1 Å². The fourth-order valence-electron chi connectivity index (χ4n) is 12.5. The molecule has 2 aliphatic rings. The van der Waals surface area contributed by atoms with Crippen molar-refractivity contribution in [3.8, 4) is 79.2 Å². The van der Waals surface area contributed by atoms with Crippen LogP contribution in [0.4, 0.5) is 39.8 Å². The van der Waals surface area contributed by atoms with Crippen LogP contribution in [0.5, 0.6) is 0 Å². The zero-order chi connectivity index (χ0) is 58.3. The first kappa shape index (κ1) is 53.5. The first-order chi connectivity index (χ1) is 42.3. The Bertz CT molecular complexity index is 4440. The van der Waals surface area contributed by atoms with Crippen molar-refractivity contribution in [3.63, 3.8) is 0 Å². The van der Waals surface area contributed by atoms with Gasteiger partial charge in [-0.05, 0) is 133 Å². The Morgan fingerprint density at radius 2 is 0.849 bits per heavy atom. The van der Waals surface area contributed by atoms with Crippen molar-refractivity contribution in [2.75, 3.05) is 14.7 Å². The minimum atomic E-state index is 0.0550. The Hall–Kier alpha value is -10.5. The molecule has 4 heterocycles. The quantitative estimate of drug-likeness (QED) is 0.0997. The van der Waals surface area contributed by atoms with Crippen molar-refractivity contribution >= 4 is 62.9 Å². The summed E-state index contributed by atoms with van der Waals surface area (Å²) in [5, 5.41) is 0. The molecule has 1 unspecified atom stereocenters. The van der Waals surface area contributed by atoms with Crippen molar-refractivity contribution in [1.29, 1.82) is 0 Å². The number of rotatable bonds is 14. The maximum Gasteiger partial charge on any atom is 0.252 e. The molecule has 8 nitrogen and oxygen atoms in total. The van der Waals surface area contributed by atoms with Crippen LogP contribution in [-0.4, -0.2) is 37.7 Å². The van der Waals surface area contributed by atoms with Gasteiger partial charge in [0, 0.05) is 79.2 Å². The highest BCUT2D eigenvalue weighted by Gasteiger charge is 2.43. The summed E-state index contributed by atoms with van der Waals surface area (Å²) >= 11 is 0. The van der Waals surface area contributed by atoms with Crippen LogP contribution in [0.1, 0.15) is 41.0 Å². The van der Waals surface area contributed by atoms with Gasteiger partial charge >= 0.3 is 0 Å². The van der Waals surface area contributed by atoms with E-state index in [-0.39, 0.29) is 12.8 Å². The first-order valence-corrected chi connectivity index (χ1v) is 29.9. The van der Waals surface area contributed by atoms with E-state index in [1.54, 1.807) is 0 Å². The lowest BCUT2D eigenvalue weighted by Gasteiger charge is -2.44. The molecule has 0 bridgehead atoms. The number of fused-ring (bicyclic) bond motifs is 4. The van der Waals surface area contributed by atoms with E-state index in [0.29, 0.717) is 29.2 Å². The van der Waals surface area contributed by atoms with E-state index >= 15 is 0 Å². The molecule has 10 aromatic carbocycles. The molecule has 86 heavy (non-hydrogen) atoms. The fourth-order valence-corrected chi connectivity index (χ4v) is 12.5. The molecule has 0 saturated carbocycles. The smallest absolute Gasteiger partial charge is 0.252 e. The average Bonchev–Trinajstić information content (AvgIpc) is 0.846. The first-order valence-electron chi connectivity index (χ1n) is 29.9. The second-order valence-electron chi connectivity index (χ2n) is 22.6. The summed E-state index contributed by atoms with van der Waals surface area (Å²) in [6.45, 7) is 11.3. The molecule has 14 rings (SSSR count). The Morgan fingerprint density at radius 1 is 0.407 bits per heavy atom. The van der Waals surface area contributed by atoms with E-state index in [1.165, 1.54) is 33.5 Å². The SMILES string of the molecule is CC/C=C(/C)N(c1ccc(-c2nc(-c3ccccc3)cc(-c3ccccc3)n2)cc1-c1nc(-c2ccccc2)nc(-c2cccc(-c3cccc(N4c5ccccc5B5c6ccccc6N(c6ccccc6)c6cccc4c65)c3)c2)n1)C(C)C(C)C. The van der Waals surface area contributed by atoms with Crippen LogP contribution in [-0.2, 0) is 0 Å². The lowest BCUT2D eigenvalue weighted by Crippen LogP contribution is -2.61. The number of anilines is 7. The van der Waals surface area contributed by atoms with Crippen LogP contribution < -0.4 is 31.1 Å². The van der Waals surface area contributed by atoms with Gasteiger partial charge in [-0.1, -0.05) is 209 Å². The highest BCUT2D eigenvalue weighted by Crippen LogP contribution is 2.45. The molecule has 414 valence electrons. The van der Waals surface area contributed by atoms with Gasteiger partial charge in [0.2, 0.25) is 0 Å². The number of para-hydroxylation sites is 3. The van der Waals surface area contributed by atoms with E-state index in [1.807, 2.05) is 30.3 Å². The van der Waals surface area contributed by atoms with Gasteiger partial charge in [-0.25, -0.2) is 24.9 Å². The minimum absolute atomic E-state index is 0.0550. The van der Waals surface area contributed by atoms with E-state index in [2.05, 4.69) is 286 Å². The molecule has 0 aliphatic carbocycles. The van der Waals surface area contributed by atoms with Crippen LogP contribution >= 0.6 is 0 Å². The largest absolute Gasteiger partial charge is 0.342 e. The highest BCUT2D eigenvalue weighted by atomic mass is 15.2. The second-order valence-corrected chi connectivity index (χ2v) is 22.6. The third kappa shape index (κ3) is 9.90. The molecule has 9 heteroatoms. The highest BCUT2D eigenvalue weighted by molar-refractivity contribution is 7.00. The maximum absolute atomic E-state index is 5.54. The number of aromatic nitrogens is 5. The summed E-state index contributed by atoms with van der Waals surface area (Å²) in [7, 11) is 0. The van der Waals surface area contributed by atoms with Gasteiger partial charge in [0.1, 0.15) is 0 Å². The summed E-state index contributed by atoms with van der Waals surface area (Å²) in [5.74, 6) is 2.62. The van der Waals surface area contributed by atoms with E-state index in [0.717, 1.165) is 90.8 Å². The minimum Gasteiger partial charge on any atom is -0.342 e. The lowest BCUT2D eigenvalue weighted by molar-refractivity contribution is 0.507. The summed E-state index contributed by atoms with van der Waals surface area (Å²) in [6.07, 6.45) is 3.19. The average molecular weight is 1110 g/mol. The van der Waals surface area contributed by atoms with Crippen LogP contribution in [0.2, 0.25) is 0 Å². The summed E-state index contributed by atoms with van der Waals surface area (Å²) in [6, 6.07) is 92.6. The third-order valence-electron chi connectivity index (χ3n) is 16.9. The van der Waals surface area contributed by atoms with E-state index in [4.69, 9.17) is 24.9 Å². The molecule has 2 aliphatic heterocycles. The van der Waals surface area contributed by atoms with Gasteiger partial charge in [-0.3, -0.25) is 0 Å². The molecule has 2 aromatic heterocycles. The topological polar surface area (TPSA) is 74.2 Å². The van der Waals surface area contributed by atoms with Gasteiger partial charge in [0.15, 0.2) is 23.3 Å². The maximum atomic E-state index is 5.54. The van der Waals surface area contributed by atoms with Crippen LogP contribution in [0.25, 0.3) is 79.2 Å². The predicted octanol–water partition coefficient (Wildman–Crippen LogP) is 17.6. The van der Waals surface area contributed by atoms with Gasteiger partial charge < -0.3 is 14.7 Å². The Morgan fingerprint density at radius 3 is 1.45 bits per heavy atom. The molecule has 0 N–H and O–H groups in total. The standard InChI is InChI=1S/C77H63BN8/c1-6-26-52(4)84(53(5)51(2)3)68-46-45-60(75-79-66(54-27-11-7-12-28-54)50-67(80-75)55-29-13-8-14-30-55)49-63(68)77-82-74(56-31-15-9-16-32-56)81-76(83-77)59-35-23-33-57(47-59)58-34-24-38-62(48-58)86-70-42-22-20-40-65(70)78-64-39-19-21-41-69(64)85(61-36-17-10-18-37-61)71-43-25-44-72(86)73(71)78/h7-51,53H,6H2,1-5H3/b52-26-. The van der Waals surface area contributed by atoms with E-state index < -0.39 is 0 Å². The third-order valence-corrected chi connectivity index (χ3v) is 16.9. The zero-order valence-corrected chi connectivity index (χ0v) is 48.9. The summed E-state index contributed by atoms with van der Waals surface area (Å²) < 4.78 is 0. The Kier molecular flexibility index (Phi) is 14.3. The van der Waals surface area contributed by atoms with Crippen molar-refractivity contribution < 1.29 is 0 Å². The predicted molar refractivity (Wildman–Crippen MR) is 358 cm³/mol. The second kappa shape index (κ2) is 22.9. The summed E-state index contributed by atoms with van der Waals surface area (Å²) in [5.41, 5.74) is 22.2. The molecule has 1 atom stereocenters. The molecule has 0 fully saturated rings. The van der Waals surface area contributed by atoms with Gasteiger partial charge in [0.25, 0.3) is 6.71 Å². The molecule has 0 saturated heterocycles. The number of hydrogen-bond donors (Lipinski definition) is 0. The van der Waals surface area contributed by atoms with Crippen molar-refractivity contribution in [2.24, 2.45) is 5.92 Å². The van der Waals surface area contributed by atoms with Gasteiger partial charge in [-0.2, -0.15) is 0 Å². The molecule has 0 radical (unpaired) electrons. The van der Waals surface area contributed by atoms with Crippen LogP contribution in [0, 0.1) is 5.92 Å². The van der Waals surface area contributed by atoms with E-state index in [9.17, 15) is 0 Å². The number of allylic oxidation sites excluding steroid dienone is 2. The van der Waals surface area contributed by atoms with Crippen molar-refractivity contribution in [3.05, 3.63) is 273 Å². The van der Waals surface area contributed by atoms with Crippen LogP contribution in [0.3, 0.4) is 0 Å². The van der Waals surface area contributed by atoms with Gasteiger partial charge in [-0.15, -0.1) is 0 Å². The number of hydrogen-bond acceptors (Lipinski definition) is 8. The molecular weight excluding hydrogens is 1050 g/mol. The molecule has 12 aromatic rings. The molecule has 0 spiro atoms. The number of benzene rings is 10. The monoisotopic (exact) mass is 1110 g/mol. The lowest BCUT2D eigenvalue weighted by atomic mass is 9.33. The fraction of sp³-hybridized carbons (Fsp3) is 0.104. The van der Waals surface area contributed by atoms with Crippen LogP contribution in [0.15, 0.2) is 273 Å². The van der Waals surface area contributed by atoms with Gasteiger partial charge in [0.05, 0.1) is 17.1 Å². The summed E-state index contributed by atoms with van der Waals surface area (Å²) in [4.78, 5) is 34.3. The normalized spacial score (nSPS) is 12.8. The zero-order valence-electron chi connectivity index (χ0n) is 48.9. The van der Waals surface area contributed by atoms with Crippen molar-refractivity contribution in [1.82, 2.24) is 24.9 Å². The molecule has 0 amide bonds. The number of nitrogens with zero attached hydrogens (tertiary/aromatic N) is 8. The Labute approximate surface area is 504 Å².